The van der Waals surface area contributed by atoms with E-state index in [0.29, 0.717) is 18.1 Å². The maximum Gasteiger partial charge on any atom is 0.257 e. The Morgan fingerprint density at radius 1 is 1.06 bits per heavy atom. The Bertz CT molecular complexity index is 1110. The van der Waals surface area contributed by atoms with Gasteiger partial charge in [-0.15, -0.1) is 0 Å². The van der Waals surface area contributed by atoms with Gasteiger partial charge in [-0.2, -0.15) is 5.10 Å². The lowest BCUT2D eigenvalue weighted by Crippen LogP contribution is -2.36. The van der Waals surface area contributed by atoms with Gasteiger partial charge in [0.1, 0.15) is 0 Å². The van der Waals surface area contributed by atoms with Crippen molar-refractivity contribution in [3.05, 3.63) is 81.7 Å². The topological polar surface area (TPSA) is 71.3 Å². The van der Waals surface area contributed by atoms with E-state index in [1.165, 1.54) is 0 Å². The van der Waals surface area contributed by atoms with Crippen LogP contribution in [-0.2, 0) is 20.0 Å². The quantitative estimate of drug-likeness (QED) is 0.470. The summed E-state index contributed by atoms with van der Waals surface area (Å²) in [4.78, 5) is 17.7. The van der Waals surface area contributed by atoms with Crippen LogP contribution in [0.4, 0.5) is 5.69 Å². The molecule has 0 bridgehead atoms. The summed E-state index contributed by atoms with van der Waals surface area (Å²) in [6.45, 7) is 10.5. The van der Waals surface area contributed by atoms with Crippen LogP contribution in [0.1, 0.15) is 50.9 Å². The molecule has 3 rings (SSSR count). The summed E-state index contributed by atoms with van der Waals surface area (Å²) in [6, 6.07) is 13.9. The third-order valence-corrected chi connectivity index (χ3v) is 5.42. The minimum Gasteiger partial charge on any atom is -0.326 e. The minimum atomic E-state index is -0.188. The molecule has 0 saturated heterocycles. The number of aromatic nitrogens is 2. The predicted molar refractivity (Wildman–Crippen MR) is 127 cm³/mol. The lowest BCUT2D eigenvalue weighted by Gasteiger charge is -2.15. The highest BCUT2D eigenvalue weighted by molar-refractivity contribution is 6.10. The molecule has 0 radical (unpaired) electrons. The van der Waals surface area contributed by atoms with Crippen LogP contribution < -0.4 is 10.6 Å². The number of aryl methyl sites for hydroxylation is 5. The highest BCUT2D eigenvalue weighted by atomic mass is 16.1. The Balaban J connectivity index is 1.92. The van der Waals surface area contributed by atoms with Gasteiger partial charge >= 0.3 is 0 Å². The number of anilines is 1. The van der Waals surface area contributed by atoms with Gasteiger partial charge in [-0.1, -0.05) is 42.3 Å². The number of benzene rings is 2. The molecule has 0 unspecified atom stereocenters. The fraction of sp³-hybridized carbons (Fsp3) is 0.320. The van der Waals surface area contributed by atoms with Crippen molar-refractivity contribution < 1.29 is 4.79 Å². The number of hydrogen-bond acceptors (Lipinski definition) is 3. The second kappa shape index (κ2) is 9.60. The molecule has 3 aromatic rings. The zero-order valence-corrected chi connectivity index (χ0v) is 19.2. The number of para-hydroxylation sites is 1. The van der Waals surface area contributed by atoms with Crippen molar-refractivity contribution in [1.82, 2.24) is 15.1 Å². The summed E-state index contributed by atoms with van der Waals surface area (Å²) >= 11 is 0. The van der Waals surface area contributed by atoms with Crippen molar-refractivity contribution in [1.29, 1.82) is 0 Å². The molecule has 6 nitrogen and oxygen atoms in total. The molecule has 0 aliphatic rings. The van der Waals surface area contributed by atoms with Crippen molar-refractivity contribution in [2.24, 2.45) is 12.0 Å². The van der Waals surface area contributed by atoms with Gasteiger partial charge in [0.15, 0.2) is 0 Å². The molecule has 31 heavy (non-hydrogen) atoms. The second-order valence-electron chi connectivity index (χ2n) is 7.90. The van der Waals surface area contributed by atoms with Gasteiger partial charge in [0, 0.05) is 29.6 Å². The molecule has 1 amide bonds. The first-order valence-electron chi connectivity index (χ1n) is 10.6. The van der Waals surface area contributed by atoms with Crippen molar-refractivity contribution >= 4 is 17.6 Å². The molecule has 162 valence electrons. The lowest BCUT2D eigenvalue weighted by molar-refractivity contribution is 0.0976. The van der Waals surface area contributed by atoms with E-state index in [1.54, 1.807) is 0 Å². The molecular weight excluding hydrogens is 386 g/mol. The zero-order chi connectivity index (χ0) is 22.5. The number of aliphatic imine (C=N–C) groups is 1. The van der Waals surface area contributed by atoms with Crippen molar-refractivity contribution in [3.63, 3.8) is 0 Å². The van der Waals surface area contributed by atoms with Gasteiger partial charge < -0.3 is 5.32 Å². The monoisotopic (exact) mass is 417 g/mol. The van der Waals surface area contributed by atoms with E-state index in [-0.39, 0.29) is 5.91 Å². The normalized spacial score (nSPS) is 11.5. The number of guanidine groups is 1. The van der Waals surface area contributed by atoms with Crippen LogP contribution in [0.3, 0.4) is 0 Å². The number of hydrogen-bond donors (Lipinski definition) is 2. The molecular formula is C25H31N5O. The third kappa shape index (κ3) is 5.40. The summed E-state index contributed by atoms with van der Waals surface area (Å²) in [7, 11) is 1.92. The van der Waals surface area contributed by atoms with E-state index < -0.39 is 0 Å². The second-order valence-corrected chi connectivity index (χ2v) is 7.90. The van der Waals surface area contributed by atoms with Gasteiger partial charge in [0.25, 0.3) is 5.91 Å². The largest absolute Gasteiger partial charge is 0.326 e. The van der Waals surface area contributed by atoms with E-state index in [9.17, 15) is 4.79 Å². The molecule has 0 fully saturated rings. The zero-order valence-electron chi connectivity index (χ0n) is 19.2. The SMILES string of the molecule is CCc1ccccc1NC(=NCc1c(C)nn(C)c1C)NC(=O)c1cc(C)cc(C)c1. The minimum absolute atomic E-state index is 0.188. The molecule has 1 aromatic heterocycles. The van der Waals surface area contributed by atoms with Gasteiger partial charge in [-0.05, 0) is 57.9 Å². The van der Waals surface area contributed by atoms with Crippen LogP contribution in [-0.4, -0.2) is 21.6 Å². The Morgan fingerprint density at radius 3 is 2.35 bits per heavy atom. The molecule has 2 N–H and O–H groups in total. The van der Waals surface area contributed by atoms with Crippen molar-refractivity contribution in [2.75, 3.05) is 5.32 Å². The smallest absolute Gasteiger partial charge is 0.257 e. The highest BCUT2D eigenvalue weighted by Gasteiger charge is 2.13. The summed E-state index contributed by atoms with van der Waals surface area (Å²) in [5.74, 6) is 0.236. The van der Waals surface area contributed by atoms with E-state index in [1.807, 2.05) is 69.8 Å². The van der Waals surface area contributed by atoms with Crippen LogP contribution in [0, 0.1) is 27.7 Å². The maximum absolute atomic E-state index is 13.0. The average Bonchev–Trinajstić information content (AvgIpc) is 2.97. The molecule has 6 heteroatoms. The van der Waals surface area contributed by atoms with Crippen LogP contribution in [0.5, 0.6) is 0 Å². The molecule has 0 saturated carbocycles. The van der Waals surface area contributed by atoms with Gasteiger partial charge in [-0.3, -0.25) is 14.8 Å². The first kappa shape index (κ1) is 22.3. The summed E-state index contributed by atoms with van der Waals surface area (Å²) in [5.41, 5.74) is 7.88. The lowest BCUT2D eigenvalue weighted by atomic mass is 10.1. The summed E-state index contributed by atoms with van der Waals surface area (Å²) in [5, 5.41) is 10.8. The van der Waals surface area contributed by atoms with E-state index in [2.05, 4.69) is 34.8 Å². The maximum atomic E-state index is 13.0. The Labute approximate surface area is 184 Å². The van der Waals surface area contributed by atoms with Crippen LogP contribution >= 0.6 is 0 Å². The Morgan fingerprint density at radius 2 is 1.74 bits per heavy atom. The number of nitrogens with one attached hydrogen (secondary N) is 2. The van der Waals surface area contributed by atoms with Gasteiger partial charge in [0.05, 0.1) is 12.2 Å². The Hall–Kier alpha value is -3.41. The first-order valence-corrected chi connectivity index (χ1v) is 10.6. The van der Waals surface area contributed by atoms with Crippen molar-refractivity contribution in [3.8, 4) is 0 Å². The fourth-order valence-electron chi connectivity index (χ4n) is 3.68. The number of carbonyl (C=O) groups excluding carboxylic acids is 1. The van der Waals surface area contributed by atoms with Crippen molar-refractivity contribution in [2.45, 2.75) is 47.6 Å². The molecule has 0 atom stereocenters. The number of nitrogens with zero attached hydrogens (tertiary/aromatic N) is 3. The molecule has 2 aromatic carbocycles. The van der Waals surface area contributed by atoms with Crippen LogP contribution in [0.2, 0.25) is 0 Å². The summed E-state index contributed by atoms with van der Waals surface area (Å²) in [6.07, 6.45) is 0.877. The number of carbonyl (C=O) groups is 1. The van der Waals surface area contributed by atoms with E-state index in [4.69, 9.17) is 4.99 Å². The standard InChI is InChI=1S/C25H31N5O/c1-7-20-10-8-9-11-23(20)27-25(26-15-22-18(4)29-30(6)19(22)5)28-24(31)21-13-16(2)12-17(3)14-21/h8-14H,7,15H2,1-6H3,(H2,26,27,28,31). The van der Waals surface area contributed by atoms with Crippen LogP contribution in [0.25, 0.3) is 0 Å². The van der Waals surface area contributed by atoms with E-state index in [0.717, 1.165) is 45.7 Å². The third-order valence-electron chi connectivity index (χ3n) is 5.42. The Kier molecular flexibility index (Phi) is 6.90. The van der Waals surface area contributed by atoms with Gasteiger partial charge in [-0.25, -0.2) is 4.99 Å². The van der Waals surface area contributed by atoms with Crippen LogP contribution in [0.15, 0.2) is 47.5 Å². The molecule has 1 heterocycles. The average molecular weight is 418 g/mol. The molecule has 0 aliphatic heterocycles. The van der Waals surface area contributed by atoms with E-state index >= 15 is 0 Å². The molecule has 0 spiro atoms. The number of rotatable bonds is 5. The number of amides is 1. The molecule has 0 aliphatic carbocycles. The highest BCUT2D eigenvalue weighted by Crippen LogP contribution is 2.17. The van der Waals surface area contributed by atoms with Gasteiger partial charge in [0.2, 0.25) is 5.96 Å². The fourth-order valence-corrected chi connectivity index (χ4v) is 3.68. The predicted octanol–water partition coefficient (Wildman–Crippen LogP) is 4.61. The summed E-state index contributed by atoms with van der Waals surface area (Å²) < 4.78 is 1.85. The first-order chi connectivity index (χ1) is 14.8.